The van der Waals surface area contributed by atoms with Crippen LogP contribution in [0.1, 0.15) is 19.4 Å². The lowest BCUT2D eigenvalue weighted by Gasteiger charge is -2.39. The maximum Gasteiger partial charge on any atom is 0.337 e. The van der Waals surface area contributed by atoms with E-state index in [0.29, 0.717) is 5.56 Å². The zero-order valence-electron chi connectivity index (χ0n) is 19.8. The maximum atomic E-state index is 12.0. The minimum absolute atomic E-state index is 0.0192. The van der Waals surface area contributed by atoms with Crippen LogP contribution in [-0.4, -0.2) is 93.6 Å². The Kier molecular flexibility index (Phi) is 9.37. The van der Waals surface area contributed by atoms with E-state index in [0.717, 1.165) is 11.6 Å². The number of rotatable bonds is 8. The first-order valence-electron chi connectivity index (χ1n) is 11.3. The van der Waals surface area contributed by atoms with Crippen LogP contribution in [0.3, 0.4) is 0 Å². The van der Waals surface area contributed by atoms with Crippen molar-refractivity contribution in [2.75, 3.05) is 13.2 Å². The summed E-state index contributed by atoms with van der Waals surface area (Å²) in [5, 5.41) is 50.2. The third-order valence-electron chi connectivity index (χ3n) is 5.53. The second kappa shape index (κ2) is 12.3. The van der Waals surface area contributed by atoms with E-state index in [1.54, 1.807) is 32.1 Å². The van der Waals surface area contributed by atoms with Gasteiger partial charge in [-0.1, -0.05) is 17.7 Å². The van der Waals surface area contributed by atoms with Crippen LogP contribution in [0.2, 0.25) is 0 Å². The number of esters is 2. The predicted molar refractivity (Wildman–Crippen MR) is 124 cm³/mol. The van der Waals surface area contributed by atoms with E-state index in [9.17, 15) is 35.1 Å². The predicted octanol–water partition coefficient (Wildman–Crippen LogP) is -0.0483. The van der Waals surface area contributed by atoms with Crippen molar-refractivity contribution in [2.45, 2.75) is 56.8 Å². The summed E-state index contributed by atoms with van der Waals surface area (Å²) in [6.45, 7) is 2.87. The van der Waals surface area contributed by atoms with Crippen LogP contribution in [-0.2, 0) is 28.5 Å². The van der Waals surface area contributed by atoms with Gasteiger partial charge in [0.1, 0.15) is 42.9 Å². The molecule has 2 aliphatic rings. The van der Waals surface area contributed by atoms with Gasteiger partial charge < -0.3 is 44.5 Å². The van der Waals surface area contributed by atoms with Crippen molar-refractivity contribution in [1.82, 2.24) is 0 Å². The summed E-state index contributed by atoms with van der Waals surface area (Å²) >= 11 is 0. The highest BCUT2D eigenvalue weighted by Gasteiger charge is 2.45. The molecule has 0 amide bonds. The van der Waals surface area contributed by atoms with Crippen molar-refractivity contribution in [3.63, 3.8) is 0 Å². The normalized spacial score (nSPS) is 31.4. The first kappa shape index (κ1) is 27.5. The van der Waals surface area contributed by atoms with Crippen molar-refractivity contribution >= 4 is 18.0 Å². The average Bonchev–Trinajstić information content (AvgIpc) is 3.09. The first-order valence-corrected chi connectivity index (χ1v) is 11.3. The van der Waals surface area contributed by atoms with Gasteiger partial charge >= 0.3 is 11.9 Å². The smallest absolute Gasteiger partial charge is 0.337 e. The molecule has 196 valence electrons. The standard InChI is InChI=1S/C25H30O11/c1-13(2)11-17-20(28)16(24(32)35-17)9-10-33-25-23(31)22(30)21(29)18(36-25)12-34-19(27)8-5-14-3-6-15(26)7-4-14/h3-9,11,17-18,20-23,25-26,28-31H,10,12H2,1-2H3/b8-5+,16-9+/t17-,18-,20+,21-,22+,23-,25-/m1/s1. The van der Waals surface area contributed by atoms with Crippen LogP contribution >= 0.6 is 0 Å². The molecule has 1 aromatic rings. The van der Waals surface area contributed by atoms with Gasteiger partial charge in [0, 0.05) is 6.08 Å². The third-order valence-corrected chi connectivity index (χ3v) is 5.53. The fourth-order valence-electron chi connectivity index (χ4n) is 3.60. The van der Waals surface area contributed by atoms with Gasteiger partial charge in [-0.15, -0.1) is 0 Å². The molecule has 0 saturated carbocycles. The van der Waals surface area contributed by atoms with Crippen LogP contribution in [0.15, 0.2) is 53.6 Å². The number of phenols is 1. The topological polar surface area (TPSA) is 172 Å². The number of hydrogen-bond acceptors (Lipinski definition) is 11. The number of carbonyl (C=O) groups is 2. The van der Waals surface area contributed by atoms with Gasteiger partial charge in [-0.05, 0) is 49.8 Å². The lowest BCUT2D eigenvalue weighted by atomic mass is 9.99. The number of phenolic OH excluding ortho intramolecular Hbond substituents is 1. The minimum atomic E-state index is -1.66. The van der Waals surface area contributed by atoms with E-state index in [1.165, 1.54) is 24.3 Å². The fourth-order valence-corrected chi connectivity index (χ4v) is 3.60. The highest BCUT2D eigenvalue weighted by atomic mass is 16.7. The number of hydrogen-bond donors (Lipinski definition) is 5. The fraction of sp³-hybridized carbons (Fsp3) is 0.440. The molecule has 2 heterocycles. The quantitative estimate of drug-likeness (QED) is 0.182. The number of cyclic esters (lactones) is 1. The summed E-state index contributed by atoms with van der Waals surface area (Å²) in [6.07, 6.45) is -3.99. The Morgan fingerprint density at radius 1 is 1.06 bits per heavy atom. The highest BCUT2D eigenvalue weighted by Crippen LogP contribution is 2.25. The zero-order chi connectivity index (χ0) is 26.4. The van der Waals surface area contributed by atoms with Crippen molar-refractivity contribution in [3.05, 3.63) is 59.2 Å². The van der Waals surface area contributed by atoms with E-state index in [2.05, 4.69) is 0 Å². The molecule has 5 N–H and O–H groups in total. The Balaban J connectivity index is 1.55. The molecular formula is C25H30O11. The SMILES string of the molecule is CC(C)=C[C@H]1OC(=O)/C(=C/CO[C@@H]2O[C@H](COC(=O)/C=C/c3ccc(O)cc3)[C@@H](O)[C@H](O)[C@H]2O)[C@@H]1O. The molecule has 0 radical (unpaired) electrons. The number of aliphatic hydroxyl groups excluding tert-OH is 4. The molecule has 2 saturated heterocycles. The summed E-state index contributed by atoms with van der Waals surface area (Å²) < 4.78 is 21.1. The number of allylic oxidation sites excluding steroid dienone is 1. The lowest BCUT2D eigenvalue weighted by molar-refractivity contribution is -0.299. The first-order chi connectivity index (χ1) is 17.1. The summed E-state index contributed by atoms with van der Waals surface area (Å²) in [5.41, 5.74) is 1.48. The Labute approximate surface area is 207 Å². The molecule has 7 atom stereocenters. The molecule has 0 bridgehead atoms. The number of benzene rings is 1. The number of ether oxygens (including phenoxy) is 4. The summed E-state index contributed by atoms with van der Waals surface area (Å²) in [4.78, 5) is 24.0. The van der Waals surface area contributed by atoms with Crippen molar-refractivity contribution in [1.29, 1.82) is 0 Å². The zero-order valence-corrected chi connectivity index (χ0v) is 19.8. The minimum Gasteiger partial charge on any atom is -0.508 e. The van der Waals surface area contributed by atoms with Gasteiger partial charge in [0.2, 0.25) is 0 Å². The molecule has 11 nitrogen and oxygen atoms in total. The van der Waals surface area contributed by atoms with Crippen LogP contribution in [0.5, 0.6) is 5.75 Å². The Morgan fingerprint density at radius 3 is 2.42 bits per heavy atom. The van der Waals surface area contributed by atoms with E-state index in [-0.39, 0.29) is 17.9 Å². The van der Waals surface area contributed by atoms with Crippen molar-refractivity contribution < 1.29 is 54.1 Å². The number of aliphatic hydroxyl groups is 4. The molecule has 3 rings (SSSR count). The van der Waals surface area contributed by atoms with Crippen LogP contribution in [0.25, 0.3) is 6.08 Å². The summed E-state index contributed by atoms with van der Waals surface area (Å²) in [6, 6.07) is 6.10. The van der Waals surface area contributed by atoms with Gasteiger partial charge in [-0.2, -0.15) is 0 Å². The van der Waals surface area contributed by atoms with Crippen LogP contribution < -0.4 is 0 Å². The van der Waals surface area contributed by atoms with E-state index >= 15 is 0 Å². The molecule has 2 aliphatic heterocycles. The molecule has 1 aromatic carbocycles. The molecule has 0 aliphatic carbocycles. The molecule has 11 heteroatoms. The van der Waals surface area contributed by atoms with E-state index < -0.39 is 61.5 Å². The second-order valence-corrected chi connectivity index (χ2v) is 8.62. The van der Waals surface area contributed by atoms with Gasteiger partial charge in [0.05, 0.1) is 12.2 Å². The summed E-state index contributed by atoms with van der Waals surface area (Å²) in [5.74, 6) is -1.38. The lowest BCUT2D eigenvalue weighted by Crippen LogP contribution is -2.59. The van der Waals surface area contributed by atoms with Gasteiger partial charge in [0.25, 0.3) is 0 Å². The molecule has 2 fully saturated rings. The molecule has 0 aromatic heterocycles. The second-order valence-electron chi connectivity index (χ2n) is 8.62. The van der Waals surface area contributed by atoms with E-state index in [1.807, 2.05) is 0 Å². The van der Waals surface area contributed by atoms with E-state index in [4.69, 9.17) is 18.9 Å². The Morgan fingerprint density at radius 2 is 1.75 bits per heavy atom. The Hall–Kier alpha value is -3.06. The largest absolute Gasteiger partial charge is 0.508 e. The average molecular weight is 507 g/mol. The number of carbonyl (C=O) groups excluding carboxylic acids is 2. The number of aromatic hydroxyl groups is 1. The van der Waals surface area contributed by atoms with Gasteiger partial charge in [-0.3, -0.25) is 0 Å². The molecular weight excluding hydrogens is 476 g/mol. The highest BCUT2D eigenvalue weighted by molar-refractivity contribution is 5.92. The molecule has 36 heavy (non-hydrogen) atoms. The Bertz CT molecular complexity index is 1010. The molecule has 0 spiro atoms. The maximum absolute atomic E-state index is 12.0. The van der Waals surface area contributed by atoms with Crippen LogP contribution in [0.4, 0.5) is 0 Å². The van der Waals surface area contributed by atoms with Crippen molar-refractivity contribution in [2.24, 2.45) is 0 Å². The third kappa shape index (κ3) is 7.00. The van der Waals surface area contributed by atoms with Gasteiger partial charge in [-0.25, -0.2) is 9.59 Å². The van der Waals surface area contributed by atoms with Crippen LogP contribution in [0, 0.1) is 0 Å². The monoisotopic (exact) mass is 506 g/mol. The molecule has 0 unspecified atom stereocenters. The summed E-state index contributed by atoms with van der Waals surface area (Å²) in [7, 11) is 0. The van der Waals surface area contributed by atoms with Crippen molar-refractivity contribution in [3.8, 4) is 5.75 Å². The van der Waals surface area contributed by atoms with Gasteiger partial charge in [0.15, 0.2) is 12.4 Å².